The van der Waals surface area contributed by atoms with E-state index >= 15 is 0 Å². The molecule has 0 atom stereocenters. The van der Waals surface area contributed by atoms with Crippen LogP contribution in [0.4, 0.5) is 0 Å². The molecular formula is C10H10N2Y3-6. The number of nitrogens with zero attached hydrogens (tertiary/aromatic N) is 2. The first-order chi connectivity index (χ1) is 5.74. The summed E-state index contributed by atoms with van der Waals surface area (Å²) in [4.78, 5) is 2.89. The Bertz CT molecular complexity index is 110. The third-order valence-electron chi connectivity index (χ3n) is 0.283. The van der Waals surface area contributed by atoms with Gasteiger partial charge < -0.3 is 54.7 Å². The minimum atomic E-state index is 0. The van der Waals surface area contributed by atoms with Crippen molar-refractivity contribution in [2.75, 3.05) is 0 Å². The molecule has 0 bridgehead atoms. The van der Waals surface area contributed by atoms with E-state index in [-0.39, 0.29) is 98.1 Å². The van der Waals surface area contributed by atoms with Gasteiger partial charge in [-0.1, -0.05) is 0 Å². The maximum Gasteiger partial charge on any atom is 0 e. The van der Waals surface area contributed by atoms with Crippen molar-refractivity contribution in [2.45, 2.75) is 0 Å². The zero-order valence-corrected chi connectivity index (χ0v) is 16.9. The van der Waals surface area contributed by atoms with Crippen LogP contribution < -0.4 is 0 Å². The van der Waals surface area contributed by atoms with Crippen LogP contribution in [0.25, 0.3) is 5.41 Å². The molecule has 0 aliphatic heterocycles. The molecule has 0 aliphatic carbocycles. The summed E-state index contributed by atoms with van der Waals surface area (Å²) in [6.45, 7) is 23.1. The molecule has 0 aromatic carbocycles. The van der Waals surface area contributed by atoms with Crippen molar-refractivity contribution in [1.82, 2.24) is 0 Å². The van der Waals surface area contributed by atoms with Crippen molar-refractivity contribution >= 4 is 12.9 Å². The molecule has 0 aromatic heterocycles. The normalized spacial score (nSPS) is 4.00. The van der Waals surface area contributed by atoms with Gasteiger partial charge in [-0.25, -0.2) is 0 Å². The van der Waals surface area contributed by atoms with Gasteiger partial charge in [0.1, 0.15) is 0 Å². The van der Waals surface area contributed by atoms with Crippen molar-refractivity contribution < 1.29 is 98.1 Å². The first kappa shape index (κ1) is 36.0. The number of hydrogen-bond acceptors (Lipinski definition) is 1. The quantitative estimate of drug-likeness (QED) is 0.378. The smallest absolute Gasteiger partial charge is 0 e. The Labute approximate surface area is 169 Å². The zero-order valence-electron chi connectivity index (χ0n) is 8.40. The summed E-state index contributed by atoms with van der Waals surface area (Å²) < 4.78 is 0. The molecule has 0 spiro atoms. The van der Waals surface area contributed by atoms with Crippen LogP contribution in [0.1, 0.15) is 0 Å². The Balaban J connectivity index is -0.0000000184. The van der Waals surface area contributed by atoms with Crippen LogP contribution in [0.15, 0.2) is 29.4 Å². The summed E-state index contributed by atoms with van der Waals surface area (Å²) in [7, 11) is 0. The zero-order chi connectivity index (χ0) is 10.2. The fraction of sp³-hybridized carbons (Fsp3) is 0. The van der Waals surface area contributed by atoms with E-state index in [4.69, 9.17) is 18.6 Å². The first-order valence-corrected chi connectivity index (χ1v) is 2.77. The monoisotopic (exact) mass is 425 g/mol. The van der Waals surface area contributed by atoms with E-state index in [1.165, 1.54) is 12.2 Å². The standard InChI is InChI=1S/C4H4.2C3H3N.3Y/c2*1-3-4-2;1-2-3-4;;;/h1-4H;2*1-3H;;;/q3*-2;;;. The van der Waals surface area contributed by atoms with Gasteiger partial charge in [0, 0.05) is 98.1 Å². The molecule has 0 amide bonds. The van der Waals surface area contributed by atoms with Gasteiger partial charge in [0.25, 0.3) is 0 Å². The van der Waals surface area contributed by atoms with E-state index in [9.17, 15) is 0 Å². The summed E-state index contributed by atoms with van der Waals surface area (Å²) in [5.74, 6) is 0. The summed E-state index contributed by atoms with van der Waals surface area (Å²) >= 11 is 0. The second-order valence-electron chi connectivity index (χ2n) is 1.02. The number of rotatable bonds is 3. The Kier molecular flexibility index (Phi) is 138. The number of aliphatic imine (C=N–C) groups is 1. The van der Waals surface area contributed by atoms with Crippen molar-refractivity contribution in [3.63, 3.8) is 0 Å². The van der Waals surface area contributed by atoms with E-state index in [2.05, 4.69) is 24.9 Å². The topological polar surface area (TPSA) is 34.7 Å². The van der Waals surface area contributed by atoms with Crippen LogP contribution in [0.5, 0.6) is 0 Å². The van der Waals surface area contributed by atoms with Crippen LogP contribution in [0.3, 0.4) is 0 Å². The predicted octanol–water partition coefficient (Wildman–Crippen LogP) is 2.08. The average Bonchev–Trinajstić information content (AvgIpc) is 2.18. The summed E-state index contributed by atoms with van der Waals surface area (Å²) in [5.41, 5.74) is 0. The van der Waals surface area contributed by atoms with Gasteiger partial charge in [-0.05, 0) is 0 Å². The SMILES string of the molecule is [CH-]=CC=[CH-].[CH-]=CC=[N-].[CH-]=CN=[CH-].[Y].[Y].[Y]. The molecule has 0 N–H and O–H groups in total. The first-order valence-electron chi connectivity index (χ1n) is 2.77. The second kappa shape index (κ2) is 57.5. The minimum absolute atomic E-state index is 0. The van der Waals surface area contributed by atoms with Gasteiger partial charge in [-0.2, -0.15) is 6.72 Å². The van der Waals surface area contributed by atoms with Gasteiger partial charge >= 0.3 is 0 Å². The molecule has 0 unspecified atom stereocenters. The molecule has 5 heteroatoms. The Morgan fingerprint density at radius 3 is 1.00 bits per heavy atom. The maximum atomic E-state index is 7.57. The molecule has 2 nitrogen and oxygen atoms in total. The van der Waals surface area contributed by atoms with Crippen LogP contribution in [-0.2, 0) is 98.1 Å². The molecule has 0 aromatic rings. The van der Waals surface area contributed by atoms with Gasteiger partial charge in [0.05, 0.1) is 0 Å². The maximum absolute atomic E-state index is 7.57. The van der Waals surface area contributed by atoms with Crippen LogP contribution in [0, 0.1) is 26.3 Å². The minimum Gasteiger partial charge on any atom is -0.911 e. The molecule has 0 saturated heterocycles. The molecule has 0 heterocycles. The van der Waals surface area contributed by atoms with E-state index in [0.717, 1.165) is 18.5 Å². The fourth-order valence-electron chi connectivity index (χ4n) is 0. The van der Waals surface area contributed by atoms with E-state index in [0.29, 0.717) is 0 Å². The van der Waals surface area contributed by atoms with E-state index in [1.807, 2.05) is 0 Å². The van der Waals surface area contributed by atoms with Crippen LogP contribution in [-0.4, -0.2) is 12.9 Å². The summed E-state index contributed by atoms with van der Waals surface area (Å²) in [5, 5.41) is 7.57. The Morgan fingerprint density at radius 1 is 0.800 bits per heavy atom. The molecule has 0 fully saturated rings. The Hall–Kier alpha value is 1.61. The van der Waals surface area contributed by atoms with Gasteiger partial charge in [-0.15, -0.1) is 0 Å². The fourth-order valence-corrected chi connectivity index (χ4v) is 0. The van der Waals surface area contributed by atoms with Crippen LogP contribution >= 0.6 is 0 Å². The third-order valence-corrected chi connectivity index (χ3v) is 0.283. The van der Waals surface area contributed by atoms with Crippen LogP contribution in [0.2, 0.25) is 0 Å². The van der Waals surface area contributed by atoms with Gasteiger partial charge in [0.15, 0.2) is 0 Å². The molecule has 3 radical (unpaired) electrons. The van der Waals surface area contributed by atoms with Gasteiger partial charge in [-0.3, -0.25) is 12.7 Å². The van der Waals surface area contributed by atoms with Crippen molar-refractivity contribution in [2.24, 2.45) is 4.99 Å². The average molecular weight is 425 g/mol. The van der Waals surface area contributed by atoms with Gasteiger partial charge in [0.2, 0.25) is 0 Å². The Morgan fingerprint density at radius 2 is 1.00 bits per heavy atom. The van der Waals surface area contributed by atoms with E-state index in [1.54, 1.807) is 0 Å². The van der Waals surface area contributed by atoms with Crippen molar-refractivity contribution in [3.8, 4) is 0 Å². The van der Waals surface area contributed by atoms with E-state index < -0.39 is 0 Å². The number of allylic oxidation sites excluding steroid dienone is 3. The van der Waals surface area contributed by atoms with Crippen molar-refractivity contribution in [1.29, 1.82) is 0 Å². The largest absolute Gasteiger partial charge is 0.911 e. The molecule has 0 rings (SSSR count). The summed E-state index contributed by atoms with van der Waals surface area (Å²) in [6.07, 6.45) is 5.42. The molecule has 75 valence electrons. The predicted molar refractivity (Wildman–Crippen MR) is 53.4 cm³/mol. The molecular weight excluding hydrogens is 415 g/mol. The third kappa shape index (κ3) is 136. The molecule has 15 heavy (non-hydrogen) atoms. The molecule has 0 aliphatic rings. The second-order valence-corrected chi connectivity index (χ2v) is 1.02. The van der Waals surface area contributed by atoms with Crippen molar-refractivity contribution in [3.05, 3.63) is 56.2 Å². The summed E-state index contributed by atoms with van der Waals surface area (Å²) in [6, 6.07) is 0. The number of hydrogen-bond donors (Lipinski definition) is 0. The molecule has 0 saturated carbocycles.